The van der Waals surface area contributed by atoms with Gasteiger partial charge in [0.25, 0.3) is 5.91 Å². The number of nitrogens with one attached hydrogen (secondary N) is 1. The molecule has 4 rings (SSSR count). The van der Waals surface area contributed by atoms with E-state index in [1.807, 2.05) is 6.07 Å². The Morgan fingerprint density at radius 1 is 1.21 bits per heavy atom. The first kappa shape index (κ1) is 18.7. The molecular formula is C21H22N2O5. The Morgan fingerprint density at radius 2 is 2.11 bits per heavy atom. The van der Waals surface area contributed by atoms with Gasteiger partial charge >= 0.3 is 0 Å². The smallest absolute Gasteiger partial charge is 0.255 e. The van der Waals surface area contributed by atoms with E-state index < -0.39 is 11.9 Å². The van der Waals surface area contributed by atoms with E-state index in [0.717, 1.165) is 37.0 Å². The molecule has 28 heavy (non-hydrogen) atoms. The number of nitrogens with zero attached hydrogens (tertiary/aromatic N) is 1. The highest BCUT2D eigenvalue weighted by Crippen LogP contribution is 2.28. The van der Waals surface area contributed by atoms with E-state index in [0.29, 0.717) is 25.1 Å². The topological polar surface area (TPSA) is 84.9 Å². The summed E-state index contributed by atoms with van der Waals surface area (Å²) in [5, 5.41) is 2.31. The van der Waals surface area contributed by atoms with Crippen molar-refractivity contribution in [2.24, 2.45) is 0 Å². The molecule has 1 N–H and O–H groups in total. The highest BCUT2D eigenvalue weighted by atomic mass is 16.7. The summed E-state index contributed by atoms with van der Waals surface area (Å²) in [6.07, 6.45) is 3.53. The largest absolute Gasteiger partial charge is 0.353 e. The molecule has 2 fully saturated rings. The molecule has 3 aliphatic heterocycles. The van der Waals surface area contributed by atoms with Crippen molar-refractivity contribution in [3.05, 3.63) is 34.9 Å². The number of benzene rings is 1. The first-order valence-corrected chi connectivity index (χ1v) is 9.61. The maximum Gasteiger partial charge on any atom is 0.255 e. The molecule has 0 aromatic heterocycles. The van der Waals surface area contributed by atoms with Crippen molar-refractivity contribution >= 4 is 17.7 Å². The predicted octanol–water partition coefficient (Wildman–Crippen LogP) is 1.34. The van der Waals surface area contributed by atoms with Gasteiger partial charge < -0.3 is 14.4 Å². The third-order valence-electron chi connectivity index (χ3n) is 5.24. The molecule has 3 heterocycles. The average Bonchev–Trinajstić information content (AvgIpc) is 3.02. The van der Waals surface area contributed by atoms with E-state index in [4.69, 9.17) is 9.47 Å². The summed E-state index contributed by atoms with van der Waals surface area (Å²) in [5.74, 6) is 5.17. The van der Waals surface area contributed by atoms with Gasteiger partial charge in [0.2, 0.25) is 11.8 Å². The Hall–Kier alpha value is -2.69. The fourth-order valence-electron chi connectivity index (χ4n) is 3.77. The molecule has 3 aliphatic rings. The van der Waals surface area contributed by atoms with Crippen LogP contribution in [0.1, 0.15) is 53.6 Å². The maximum atomic E-state index is 12.7. The lowest BCUT2D eigenvalue weighted by molar-refractivity contribution is -0.154. The Bertz CT molecular complexity index is 863. The van der Waals surface area contributed by atoms with Crippen LogP contribution in [0.5, 0.6) is 0 Å². The van der Waals surface area contributed by atoms with Gasteiger partial charge in [-0.2, -0.15) is 0 Å². The monoisotopic (exact) mass is 382 g/mol. The van der Waals surface area contributed by atoms with Crippen molar-refractivity contribution in [2.45, 2.75) is 51.0 Å². The summed E-state index contributed by atoms with van der Waals surface area (Å²) in [6, 6.07) is 4.83. The number of hydrogen-bond acceptors (Lipinski definition) is 5. The lowest BCUT2D eigenvalue weighted by Gasteiger charge is -2.29. The van der Waals surface area contributed by atoms with Gasteiger partial charge in [-0.05, 0) is 49.4 Å². The standard InChI is InChI=1S/C21H22N2O5/c24-18-9-8-17(20(25)22-18)23-13-15-12-14(6-7-16(15)21(23)26)4-3-11-28-19-5-1-2-10-27-19/h6-7,12,17,19H,1-2,5,8-11,13H2,(H,22,24,25). The van der Waals surface area contributed by atoms with Crippen molar-refractivity contribution in [3.8, 4) is 11.8 Å². The number of rotatable bonds is 3. The molecule has 0 aliphatic carbocycles. The average molecular weight is 382 g/mol. The van der Waals surface area contributed by atoms with Crippen LogP contribution in [-0.2, 0) is 25.6 Å². The molecule has 0 bridgehead atoms. The number of piperidine rings is 1. The molecule has 1 aromatic rings. The van der Waals surface area contributed by atoms with E-state index in [1.54, 1.807) is 12.1 Å². The van der Waals surface area contributed by atoms with Crippen LogP contribution in [0.25, 0.3) is 0 Å². The summed E-state index contributed by atoms with van der Waals surface area (Å²) < 4.78 is 11.1. The molecule has 2 unspecified atom stereocenters. The fourth-order valence-corrected chi connectivity index (χ4v) is 3.77. The lowest BCUT2D eigenvalue weighted by atomic mass is 10.0. The van der Waals surface area contributed by atoms with Crippen molar-refractivity contribution in [1.82, 2.24) is 10.2 Å². The predicted molar refractivity (Wildman–Crippen MR) is 98.9 cm³/mol. The van der Waals surface area contributed by atoms with Gasteiger partial charge in [0.05, 0.1) is 0 Å². The van der Waals surface area contributed by atoms with Crippen molar-refractivity contribution in [1.29, 1.82) is 0 Å². The molecule has 0 saturated carbocycles. The van der Waals surface area contributed by atoms with Gasteiger partial charge in [-0.15, -0.1) is 0 Å². The Kier molecular flexibility index (Phi) is 5.42. The highest BCUT2D eigenvalue weighted by molar-refractivity contribution is 6.05. The van der Waals surface area contributed by atoms with Gasteiger partial charge in [-0.3, -0.25) is 19.7 Å². The number of imide groups is 1. The minimum absolute atomic E-state index is 0.164. The zero-order chi connectivity index (χ0) is 19.5. The summed E-state index contributed by atoms with van der Waals surface area (Å²) >= 11 is 0. The zero-order valence-corrected chi connectivity index (χ0v) is 15.5. The normalized spacial score (nSPS) is 24.4. The molecule has 2 atom stereocenters. The minimum Gasteiger partial charge on any atom is -0.353 e. The van der Waals surface area contributed by atoms with Crippen LogP contribution in [0.3, 0.4) is 0 Å². The number of carbonyl (C=O) groups is 3. The summed E-state index contributed by atoms with van der Waals surface area (Å²) in [5.41, 5.74) is 2.23. The molecule has 1 aromatic carbocycles. The number of amides is 3. The molecule has 7 heteroatoms. The van der Waals surface area contributed by atoms with Crippen LogP contribution < -0.4 is 5.32 Å². The molecular weight excluding hydrogens is 360 g/mol. The van der Waals surface area contributed by atoms with Crippen LogP contribution in [0.2, 0.25) is 0 Å². The first-order chi connectivity index (χ1) is 13.6. The van der Waals surface area contributed by atoms with Crippen LogP contribution in [0, 0.1) is 11.8 Å². The zero-order valence-electron chi connectivity index (χ0n) is 15.5. The van der Waals surface area contributed by atoms with Crippen LogP contribution in [0.4, 0.5) is 0 Å². The van der Waals surface area contributed by atoms with Crippen LogP contribution in [-0.4, -0.2) is 48.2 Å². The summed E-state index contributed by atoms with van der Waals surface area (Å²) in [6.45, 7) is 1.38. The van der Waals surface area contributed by atoms with Crippen molar-refractivity contribution in [3.63, 3.8) is 0 Å². The number of carbonyl (C=O) groups excluding carboxylic acids is 3. The summed E-state index contributed by atoms with van der Waals surface area (Å²) in [4.78, 5) is 37.6. The number of fused-ring (bicyclic) bond motifs is 1. The Labute approximate surface area is 163 Å². The van der Waals surface area contributed by atoms with Gasteiger partial charge in [-0.25, -0.2) is 0 Å². The van der Waals surface area contributed by atoms with Gasteiger partial charge in [0.1, 0.15) is 12.6 Å². The Morgan fingerprint density at radius 3 is 2.89 bits per heavy atom. The van der Waals surface area contributed by atoms with Crippen LogP contribution >= 0.6 is 0 Å². The molecule has 0 radical (unpaired) electrons. The number of hydrogen-bond donors (Lipinski definition) is 1. The third-order valence-corrected chi connectivity index (χ3v) is 5.24. The van der Waals surface area contributed by atoms with E-state index in [2.05, 4.69) is 17.2 Å². The lowest BCUT2D eigenvalue weighted by Crippen LogP contribution is -2.52. The SMILES string of the molecule is O=C1CCC(N2Cc3cc(C#CCOC4CCCCO4)ccc3C2=O)C(=O)N1. The van der Waals surface area contributed by atoms with Crippen molar-refractivity contribution in [2.75, 3.05) is 13.2 Å². The minimum atomic E-state index is -0.601. The quantitative estimate of drug-likeness (QED) is 0.630. The molecule has 3 amide bonds. The van der Waals surface area contributed by atoms with Gasteiger partial charge in [0.15, 0.2) is 6.29 Å². The molecule has 0 spiro atoms. The second-order valence-electron chi connectivity index (χ2n) is 7.18. The molecule has 7 nitrogen and oxygen atoms in total. The third kappa shape index (κ3) is 3.93. The fraction of sp³-hybridized carbons (Fsp3) is 0.476. The number of ether oxygens (including phenoxy) is 2. The van der Waals surface area contributed by atoms with E-state index in [1.165, 1.54) is 4.90 Å². The Balaban J connectivity index is 1.39. The maximum absolute atomic E-state index is 12.7. The van der Waals surface area contributed by atoms with E-state index >= 15 is 0 Å². The van der Waals surface area contributed by atoms with E-state index in [9.17, 15) is 14.4 Å². The first-order valence-electron chi connectivity index (χ1n) is 9.61. The van der Waals surface area contributed by atoms with Crippen molar-refractivity contribution < 1.29 is 23.9 Å². The highest BCUT2D eigenvalue weighted by Gasteiger charge is 2.38. The van der Waals surface area contributed by atoms with E-state index in [-0.39, 0.29) is 24.5 Å². The van der Waals surface area contributed by atoms with Crippen LogP contribution in [0.15, 0.2) is 18.2 Å². The summed E-state index contributed by atoms with van der Waals surface area (Å²) in [7, 11) is 0. The molecule has 2 saturated heterocycles. The van der Waals surface area contributed by atoms with Gasteiger partial charge in [-0.1, -0.05) is 11.8 Å². The second kappa shape index (κ2) is 8.13. The van der Waals surface area contributed by atoms with Gasteiger partial charge in [0, 0.05) is 30.7 Å². The molecule has 146 valence electrons. The second-order valence-corrected chi connectivity index (χ2v) is 7.18.